The molecule has 1 saturated heterocycles. The summed E-state index contributed by atoms with van der Waals surface area (Å²) in [5.41, 5.74) is 2.24. The summed E-state index contributed by atoms with van der Waals surface area (Å²) in [5, 5.41) is 0. The second-order valence-electron chi connectivity index (χ2n) is 5.13. The highest BCUT2D eigenvalue weighted by molar-refractivity contribution is 5.81. The van der Waals surface area contributed by atoms with Gasteiger partial charge in [-0.3, -0.25) is 15.1 Å². The standard InChI is InChI=1S/C12H25N3O2/c1-9(2)11(12(16)14-13)15(3)8-10-6-4-5-7-17-10/h9-11H,4-8,13H2,1-3H3,(H,14,16). The number of hydrogen-bond donors (Lipinski definition) is 2. The van der Waals surface area contributed by atoms with Crippen LogP contribution in [0.5, 0.6) is 0 Å². The van der Waals surface area contributed by atoms with E-state index in [9.17, 15) is 4.79 Å². The van der Waals surface area contributed by atoms with Crippen molar-refractivity contribution < 1.29 is 9.53 Å². The fourth-order valence-corrected chi connectivity index (χ4v) is 2.48. The third-order valence-electron chi connectivity index (χ3n) is 3.28. The molecule has 1 amide bonds. The van der Waals surface area contributed by atoms with Crippen LogP contribution in [0.25, 0.3) is 0 Å². The van der Waals surface area contributed by atoms with Gasteiger partial charge in [0.25, 0.3) is 5.91 Å². The number of ether oxygens (including phenoxy) is 1. The molecule has 1 fully saturated rings. The van der Waals surface area contributed by atoms with E-state index in [1.54, 1.807) is 0 Å². The molecule has 5 heteroatoms. The average Bonchev–Trinajstić information content (AvgIpc) is 2.29. The predicted octanol–water partition coefficient (Wildman–Crippen LogP) is 0.502. The van der Waals surface area contributed by atoms with Crippen molar-refractivity contribution in [3.63, 3.8) is 0 Å². The maximum atomic E-state index is 11.7. The van der Waals surface area contributed by atoms with Gasteiger partial charge in [-0.05, 0) is 32.2 Å². The third-order valence-corrected chi connectivity index (χ3v) is 3.28. The van der Waals surface area contributed by atoms with E-state index in [4.69, 9.17) is 10.6 Å². The number of rotatable bonds is 5. The van der Waals surface area contributed by atoms with Crippen LogP contribution in [0.3, 0.4) is 0 Å². The smallest absolute Gasteiger partial charge is 0.251 e. The average molecular weight is 243 g/mol. The van der Waals surface area contributed by atoms with Crippen molar-refractivity contribution in [2.24, 2.45) is 11.8 Å². The number of nitrogens with zero attached hydrogens (tertiary/aromatic N) is 1. The molecule has 3 N–H and O–H groups in total. The quantitative estimate of drug-likeness (QED) is 0.419. The molecular formula is C12H25N3O2. The van der Waals surface area contributed by atoms with Gasteiger partial charge in [-0.1, -0.05) is 13.8 Å². The Morgan fingerprint density at radius 2 is 2.24 bits per heavy atom. The Bertz CT molecular complexity index is 240. The molecule has 0 saturated carbocycles. The van der Waals surface area contributed by atoms with Crippen molar-refractivity contribution in [1.82, 2.24) is 10.3 Å². The van der Waals surface area contributed by atoms with Crippen LogP contribution < -0.4 is 11.3 Å². The number of nitrogens with one attached hydrogen (secondary N) is 1. The maximum Gasteiger partial charge on any atom is 0.251 e. The number of hydrazine groups is 1. The first kappa shape index (κ1) is 14.4. The molecule has 0 aromatic rings. The fourth-order valence-electron chi connectivity index (χ4n) is 2.48. The van der Waals surface area contributed by atoms with Crippen LogP contribution in [0.15, 0.2) is 0 Å². The van der Waals surface area contributed by atoms with E-state index in [-0.39, 0.29) is 24.0 Å². The van der Waals surface area contributed by atoms with Gasteiger partial charge in [-0.2, -0.15) is 0 Å². The van der Waals surface area contributed by atoms with Gasteiger partial charge in [0, 0.05) is 13.2 Å². The number of likely N-dealkylation sites (N-methyl/N-ethyl adjacent to an activating group) is 1. The van der Waals surface area contributed by atoms with Gasteiger partial charge in [0.15, 0.2) is 0 Å². The summed E-state index contributed by atoms with van der Waals surface area (Å²) >= 11 is 0. The van der Waals surface area contributed by atoms with E-state index in [0.717, 1.165) is 26.0 Å². The lowest BCUT2D eigenvalue weighted by molar-refractivity contribution is -0.128. The summed E-state index contributed by atoms with van der Waals surface area (Å²) in [4.78, 5) is 13.8. The SMILES string of the molecule is CC(C)C(C(=O)NN)N(C)CC1CCCCO1. The molecule has 0 aromatic carbocycles. The van der Waals surface area contributed by atoms with Gasteiger partial charge >= 0.3 is 0 Å². The van der Waals surface area contributed by atoms with Crippen molar-refractivity contribution in [2.75, 3.05) is 20.2 Å². The Kier molecular flexibility index (Phi) is 5.88. The molecule has 0 spiro atoms. The Morgan fingerprint density at radius 3 is 2.71 bits per heavy atom. The third kappa shape index (κ3) is 4.26. The minimum atomic E-state index is -0.189. The van der Waals surface area contributed by atoms with Gasteiger partial charge in [0.2, 0.25) is 0 Å². The molecule has 2 unspecified atom stereocenters. The van der Waals surface area contributed by atoms with Crippen LogP contribution >= 0.6 is 0 Å². The predicted molar refractivity (Wildman–Crippen MR) is 67.2 cm³/mol. The molecule has 100 valence electrons. The summed E-state index contributed by atoms with van der Waals surface area (Å²) in [6.07, 6.45) is 3.70. The fraction of sp³-hybridized carbons (Fsp3) is 0.917. The van der Waals surface area contributed by atoms with Crippen LogP contribution in [0.1, 0.15) is 33.1 Å². The molecule has 0 radical (unpaired) electrons. The summed E-state index contributed by atoms with van der Waals surface area (Å²) in [6.45, 7) is 5.68. The Balaban J connectivity index is 2.51. The van der Waals surface area contributed by atoms with Gasteiger partial charge in [-0.25, -0.2) is 5.84 Å². The molecule has 1 aliphatic rings. The zero-order valence-electron chi connectivity index (χ0n) is 11.1. The maximum absolute atomic E-state index is 11.7. The molecule has 0 aromatic heterocycles. The number of carbonyl (C=O) groups excluding carboxylic acids is 1. The lowest BCUT2D eigenvalue weighted by Gasteiger charge is -2.33. The van der Waals surface area contributed by atoms with E-state index in [2.05, 4.69) is 5.43 Å². The molecule has 5 nitrogen and oxygen atoms in total. The summed E-state index contributed by atoms with van der Waals surface area (Å²) in [6, 6.07) is -0.189. The lowest BCUT2D eigenvalue weighted by Crippen LogP contribution is -2.52. The van der Waals surface area contributed by atoms with Crippen molar-refractivity contribution >= 4 is 5.91 Å². The van der Waals surface area contributed by atoms with Crippen molar-refractivity contribution in [3.8, 4) is 0 Å². The summed E-state index contributed by atoms with van der Waals surface area (Å²) in [5.74, 6) is 5.33. The van der Waals surface area contributed by atoms with E-state index in [0.29, 0.717) is 0 Å². The highest BCUT2D eigenvalue weighted by Gasteiger charge is 2.28. The lowest BCUT2D eigenvalue weighted by atomic mass is 10.0. The van der Waals surface area contributed by atoms with Crippen LogP contribution in [0.4, 0.5) is 0 Å². The van der Waals surface area contributed by atoms with Crippen molar-refractivity contribution in [2.45, 2.75) is 45.3 Å². The Morgan fingerprint density at radius 1 is 1.53 bits per heavy atom. The minimum Gasteiger partial charge on any atom is -0.377 e. The van der Waals surface area contributed by atoms with Crippen LogP contribution in [-0.2, 0) is 9.53 Å². The summed E-state index contributed by atoms with van der Waals surface area (Å²) < 4.78 is 5.69. The van der Waals surface area contributed by atoms with Crippen LogP contribution in [0, 0.1) is 5.92 Å². The first-order valence-corrected chi connectivity index (χ1v) is 6.38. The second-order valence-corrected chi connectivity index (χ2v) is 5.13. The number of nitrogens with two attached hydrogens (primary N) is 1. The molecule has 0 bridgehead atoms. The van der Waals surface area contributed by atoms with Crippen LogP contribution in [-0.4, -0.2) is 43.2 Å². The monoisotopic (exact) mass is 243 g/mol. The highest BCUT2D eigenvalue weighted by Crippen LogP contribution is 2.16. The summed E-state index contributed by atoms with van der Waals surface area (Å²) in [7, 11) is 1.96. The topological polar surface area (TPSA) is 67.6 Å². The molecule has 17 heavy (non-hydrogen) atoms. The zero-order chi connectivity index (χ0) is 12.8. The second kappa shape index (κ2) is 6.93. The van der Waals surface area contributed by atoms with Crippen molar-refractivity contribution in [1.29, 1.82) is 0 Å². The highest BCUT2D eigenvalue weighted by atomic mass is 16.5. The first-order valence-electron chi connectivity index (χ1n) is 6.38. The number of amides is 1. The number of carbonyl (C=O) groups is 1. The molecule has 0 aliphatic carbocycles. The van der Waals surface area contributed by atoms with Crippen LogP contribution in [0.2, 0.25) is 0 Å². The van der Waals surface area contributed by atoms with E-state index in [1.807, 2.05) is 25.8 Å². The number of hydrogen-bond acceptors (Lipinski definition) is 4. The Labute approximate surface area is 104 Å². The molecule has 2 atom stereocenters. The van der Waals surface area contributed by atoms with Gasteiger partial charge in [-0.15, -0.1) is 0 Å². The normalized spacial score (nSPS) is 22.8. The Hall–Kier alpha value is -0.650. The molecule has 1 heterocycles. The van der Waals surface area contributed by atoms with Gasteiger partial charge in [0.05, 0.1) is 12.1 Å². The molecular weight excluding hydrogens is 218 g/mol. The van der Waals surface area contributed by atoms with Gasteiger partial charge < -0.3 is 4.74 Å². The molecule has 1 rings (SSSR count). The molecule has 1 aliphatic heterocycles. The zero-order valence-corrected chi connectivity index (χ0v) is 11.1. The first-order chi connectivity index (χ1) is 8.06. The largest absolute Gasteiger partial charge is 0.377 e. The minimum absolute atomic E-state index is 0.127. The van der Waals surface area contributed by atoms with Gasteiger partial charge in [0.1, 0.15) is 0 Å². The van der Waals surface area contributed by atoms with E-state index in [1.165, 1.54) is 6.42 Å². The van der Waals surface area contributed by atoms with Crippen molar-refractivity contribution in [3.05, 3.63) is 0 Å². The van der Waals surface area contributed by atoms with E-state index >= 15 is 0 Å². The van der Waals surface area contributed by atoms with E-state index < -0.39 is 0 Å².